The lowest BCUT2D eigenvalue weighted by Gasteiger charge is -2.19. The molecule has 0 saturated heterocycles. The molecule has 2 atom stereocenters. The summed E-state index contributed by atoms with van der Waals surface area (Å²) in [5.41, 5.74) is 0.518. The third-order valence-corrected chi connectivity index (χ3v) is 4.30. The summed E-state index contributed by atoms with van der Waals surface area (Å²) in [6, 6.07) is 0.359. The van der Waals surface area contributed by atoms with Gasteiger partial charge < -0.3 is 20.1 Å². The van der Waals surface area contributed by atoms with Crippen LogP contribution in [0, 0.1) is 0 Å². The van der Waals surface area contributed by atoms with Gasteiger partial charge in [-0.1, -0.05) is 0 Å². The summed E-state index contributed by atoms with van der Waals surface area (Å²) in [5, 5.41) is 8.30. The Morgan fingerprint density at radius 3 is 2.96 bits per heavy atom. The number of nitrogens with one attached hydrogen (secondary N) is 2. The molecule has 1 aliphatic carbocycles. The van der Waals surface area contributed by atoms with Crippen LogP contribution in [-0.4, -0.2) is 40.3 Å². The number of hydrogen-bond donors (Lipinski definition) is 2. The number of ether oxygens (including phenoxy) is 2. The van der Waals surface area contributed by atoms with E-state index >= 15 is 0 Å². The number of nitrogens with zero attached hydrogens (tertiary/aromatic N) is 2. The van der Waals surface area contributed by atoms with Gasteiger partial charge in [-0.05, 0) is 27.2 Å². The summed E-state index contributed by atoms with van der Waals surface area (Å²) in [6.45, 7) is 6.20. The van der Waals surface area contributed by atoms with Crippen LogP contribution in [0.1, 0.15) is 32.9 Å². The van der Waals surface area contributed by atoms with E-state index in [2.05, 4.69) is 15.6 Å². The lowest BCUT2D eigenvalue weighted by Crippen LogP contribution is -2.36. The van der Waals surface area contributed by atoms with Crippen molar-refractivity contribution in [3.05, 3.63) is 17.3 Å². The Morgan fingerprint density at radius 2 is 2.26 bits per heavy atom. The molecule has 23 heavy (non-hydrogen) atoms. The van der Waals surface area contributed by atoms with Gasteiger partial charge in [-0.15, -0.1) is 11.3 Å². The predicted octanol–water partition coefficient (Wildman–Crippen LogP) is 2.16. The highest BCUT2D eigenvalue weighted by atomic mass is 32.1. The van der Waals surface area contributed by atoms with Crippen molar-refractivity contribution in [2.45, 2.75) is 51.4 Å². The maximum Gasteiger partial charge on any atom is 0.407 e. The zero-order chi connectivity index (χ0) is 16.6. The fourth-order valence-corrected chi connectivity index (χ4v) is 3.13. The smallest absolute Gasteiger partial charge is 0.407 e. The molecule has 0 aromatic carbocycles. The van der Waals surface area contributed by atoms with E-state index < -0.39 is 5.60 Å². The van der Waals surface area contributed by atoms with Crippen LogP contribution in [0.4, 0.5) is 4.79 Å². The molecule has 2 aromatic heterocycles. The van der Waals surface area contributed by atoms with Crippen LogP contribution in [0.5, 0.6) is 5.88 Å². The van der Waals surface area contributed by atoms with Gasteiger partial charge in [0.25, 0.3) is 0 Å². The number of aromatic nitrogens is 2. The molecule has 0 bridgehead atoms. The van der Waals surface area contributed by atoms with Crippen molar-refractivity contribution in [3.63, 3.8) is 0 Å². The van der Waals surface area contributed by atoms with Crippen molar-refractivity contribution < 1.29 is 14.3 Å². The Bertz CT molecular complexity index is 703. The quantitative estimate of drug-likeness (QED) is 0.874. The summed E-state index contributed by atoms with van der Waals surface area (Å²) in [7, 11) is 1.62. The number of carbonyl (C=O) groups excluding carboxylic acids is 1. The highest BCUT2D eigenvalue weighted by Gasteiger charge is 2.39. The highest BCUT2D eigenvalue weighted by molar-refractivity contribution is 7.15. The fraction of sp³-hybridized carbons (Fsp3) is 0.600. The molecule has 3 rings (SSSR count). The number of rotatable bonds is 5. The molecular weight excluding hydrogens is 316 g/mol. The van der Waals surface area contributed by atoms with Crippen molar-refractivity contribution in [2.24, 2.45) is 0 Å². The van der Waals surface area contributed by atoms with Crippen molar-refractivity contribution >= 4 is 22.4 Å². The van der Waals surface area contributed by atoms with E-state index in [4.69, 9.17) is 9.47 Å². The zero-order valence-electron chi connectivity index (χ0n) is 13.8. The van der Waals surface area contributed by atoms with E-state index in [0.717, 1.165) is 17.1 Å². The molecule has 2 heterocycles. The Kier molecular flexibility index (Phi) is 4.20. The molecule has 0 radical (unpaired) electrons. The first kappa shape index (κ1) is 16.1. The minimum absolute atomic E-state index is 0.113. The van der Waals surface area contributed by atoms with E-state index in [-0.39, 0.29) is 18.2 Å². The van der Waals surface area contributed by atoms with Crippen LogP contribution in [-0.2, 0) is 11.3 Å². The van der Waals surface area contributed by atoms with Gasteiger partial charge in [0, 0.05) is 30.2 Å². The second-order valence-electron chi connectivity index (χ2n) is 6.60. The average molecular weight is 338 g/mol. The van der Waals surface area contributed by atoms with Crippen molar-refractivity contribution in [1.29, 1.82) is 0 Å². The molecule has 126 valence electrons. The van der Waals surface area contributed by atoms with Gasteiger partial charge in [-0.25, -0.2) is 4.79 Å². The molecule has 2 unspecified atom stereocenters. The first-order valence-corrected chi connectivity index (χ1v) is 8.46. The summed E-state index contributed by atoms with van der Waals surface area (Å²) in [4.78, 5) is 17.1. The molecule has 8 heteroatoms. The van der Waals surface area contributed by atoms with E-state index in [1.165, 1.54) is 0 Å². The minimum Gasteiger partial charge on any atom is -0.480 e. The fourth-order valence-electron chi connectivity index (χ4n) is 2.40. The van der Waals surface area contributed by atoms with Gasteiger partial charge >= 0.3 is 6.09 Å². The number of methoxy groups -OCH3 is 1. The minimum atomic E-state index is -0.475. The molecule has 0 spiro atoms. The SMILES string of the molecule is COc1nc2sccn2c1CNC1CC1NC(=O)OC(C)(C)C. The molecule has 2 N–H and O–H groups in total. The van der Waals surface area contributed by atoms with Crippen LogP contribution in [0.25, 0.3) is 4.96 Å². The number of carbonyl (C=O) groups is 1. The molecule has 7 nitrogen and oxygen atoms in total. The third-order valence-electron chi connectivity index (χ3n) is 3.54. The molecule has 1 saturated carbocycles. The zero-order valence-corrected chi connectivity index (χ0v) is 14.6. The summed E-state index contributed by atoms with van der Waals surface area (Å²) < 4.78 is 12.6. The first-order valence-electron chi connectivity index (χ1n) is 7.58. The van der Waals surface area contributed by atoms with Gasteiger partial charge in [0.05, 0.1) is 7.11 Å². The number of thiazole rings is 1. The van der Waals surface area contributed by atoms with Crippen molar-refractivity contribution in [2.75, 3.05) is 7.11 Å². The monoisotopic (exact) mass is 338 g/mol. The molecule has 1 fully saturated rings. The van der Waals surface area contributed by atoms with Crippen molar-refractivity contribution in [3.8, 4) is 5.88 Å². The van der Waals surface area contributed by atoms with Gasteiger partial charge in [0.1, 0.15) is 11.3 Å². The largest absolute Gasteiger partial charge is 0.480 e. The van der Waals surface area contributed by atoms with E-state index in [1.807, 2.05) is 36.7 Å². The number of fused-ring (bicyclic) bond motifs is 1. The maximum atomic E-state index is 11.7. The molecule has 1 amide bonds. The van der Waals surface area contributed by atoms with Gasteiger partial charge in [-0.3, -0.25) is 4.40 Å². The number of imidazole rings is 1. The Morgan fingerprint density at radius 1 is 1.48 bits per heavy atom. The van der Waals surface area contributed by atoms with E-state index in [1.54, 1.807) is 18.4 Å². The first-order chi connectivity index (χ1) is 10.9. The lowest BCUT2D eigenvalue weighted by atomic mass is 10.2. The number of hydrogen-bond acceptors (Lipinski definition) is 6. The third kappa shape index (κ3) is 3.76. The lowest BCUT2D eigenvalue weighted by molar-refractivity contribution is 0.0522. The van der Waals surface area contributed by atoms with Gasteiger partial charge in [0.15, 0.2) is 4.96 Å². The van der Waals surface area contributed by atoms with Crippen LogP contribution < -0.4 is 15.4 Å². The second kappa shape index (κ2) is 6.01. The molecule has 2 aromatic rings. The van der Waals surface area contributed by atoms with Crippen molar-refractivity contribution in [1.82, 2.24) is 20.0 Å². The van der Waals surface area contributed by atoms with Crippen LogP contribution in [0.3, 0.4) is 0 Å². The molecular formula is C15H22N4O3S. The van der Waals surface area contributed by atoms with Gasteiger partial charge in [-0.2, -0.15) is 4.98 Å². The van der Waals surface area contributed by atoms with Gasteiger partial charge in [0.2, 0.25) is 5.88 Å². The normalized spacial score (nSPS) is 20.5. The Hall–Kier alpha value is -1.80. The molecule has 1 aliphatic rings. The Labute approximate surface area is 139 Å². The average Bonchev–Trinajstić information content (AvgIpc) is 2.88. The summed E-state index contributed by atoms with van der Waals surface area (Å²) in [6.07, 6.45) is 2.51. The topological polar surface area (TPSA) is 76.9 Å². The predicted molar refractivity (Wildman–Crippen MR) is 88.0 cm³/mol. The number of amides is 1. The van der Waals surface area contributed by atoms with Crippen LogP contribution in [0.2, 0.25) is 0 Å². The maximum absolute atomic E-state index is 11.7. The van der Waals surface area contributed by atoms with E-state index in [0.29, 0.717) is 12.4 Å². The Balaban J connectivity index is 1.52. The second-order valence-corrected chi connectivity index (χ2v) is 7.47. The van der Waals surface area contributed by atoms with Crippen LogP contribution >= 0.6 is 11.3 Å². The summed E-state index contributed by atoms with van der Waals surface area (Å²) in [5.74, 6) is 0.640. The molecule has 0 aliphatic heterocycles. The standard InChI is InChI=1S/C15H22N4O3S/c1-15(2,3)22-14(20)17-10-7-9(10)16-8-11-12(21-4)18-13-19(11)5-6-23-13/h5-6,9-10,16H,7-8H2,1-4H3,(H,17,20). The summed E-state index contributed by atoms with van der Waals surface area (Å²) >= 11 is 1.57. The highest BCUT2D eigenvalue weighted by Crippen LogP contribution is 2.26. The number of alkyl carbamates (subject to hydrolysis) is 1. The van der Waals surface area contributed by atoms with E-state index in [9.17, 15) is 4.79 Å². The van der Waals surface area contributed by atoms with Crippen LogP contribution in [0.15, 0.2) is 11.6 Å².